The summed E-state index contributed by atoms with van der Waals surface area (Å²) in [6.45, 7) is 3.72. The number of pyridine rings is 1. The van der Waals surface area contributed by atoms with Crippen LogP contribution in [0.25, 0.3) is 0 Å². The number of nitriles is 1. The molecule has 6 nitrogen and oxygen atoms in total. The van der Waals surface area contributed by atoms with E-state index in [0.717, 1.165) is 67.9 Å². The second-order valence-electron chi connectivity index (χ2n) is 9.48. The van der Waals surface area contributed by atoms with Gasteiger partial charge >= 0.3 is 0 Å². The number of nitrogens with zero attached hydrogens (tertiary/aromatic N) is 4. The van der Waals surface area contributed by atoms with E-state index in [-0.39, 0.29) is 17.7 Å². The predicted octanol–water partition coefficient (Wildman–Crippen LogP) is 4.54. The van der Waals surface area contributed by atoms with Crippen molar-refractivity contribution >= 4 is 23.5 Å². The molecule has 2 aliphatic heterocycles. The zero-order valence-corrected chi connectivity index (χ0v) is 21.4. The van der Waals surface area contributed by atoms with Crippen molar-refractivity contribution in [3.05, 3.63) is 88.5 Å². The van der Waals surface area contributed by atoms with E-state index in [2.05, 4.69) is 28.2 Å². The summed E-state index contributed by atoms with van der Waals surface area (Å²) in [7, 11) is 2.12. The van der Waals surface area contributed by atoms with Crippen molar-refractivity contribution in [2.24, 2.45) is 0 Å². The van der Waals surface area contributed by atoms with Gasteiger partial charge in [-0.3, -0.25) is 4.79 Å². The molecule has 0 saturated carbocycles. The van der Waals surface area contributed by atoms with Crippen LogP contribution in [0, 0.1) is 11.3 Å². The zero-order chi connectivity index (χ0) is 24.9. The van der Waals surface area contributed by atoms with Crippen LogP contribution in [0.3, 0.4) is 0 Å². The Kier molecular flexibility index (Phi) is 7.55. The van der Waals surface area contributed by atoms with Crippen molar-refractivity contribution in [1.82, 2.24) is 15.2 Å². The molecular weight excluding hydrogens is 466 g/mol. The lowest BCUT2D eigenvalue weighted by molar-refractivity contribution is -0.119. The van der Waals surface area contributed by atoms with Crippen LogP contribution in [0.15, 0.2) is 65.7 Å². The van der Waals surface area contributed by atoms with Crippen molar-refractivity contribution in [2.75, 3.05) is 37.3 Å². The van der Waals surface area contributed by atoms with E-state index in [0.29, 0.717) is 10.6 Å². The number of nitrogens with one attached hydrogen (secondary N) is 1. The third kappa shape index (κ3) is 5.25. The van der Waals surface area contributed by atoms with Crippen LogP contribution in [0.4, 0.5) is 5.82 Å². The third-order valence-corrected chi connectivity index (χ3v) is 7.93. The van der Waals surface area contributed by atoms with E-state index in [1.807, 2.05) is 60.7 Å². The van der Waals surface area contributed by atoms with Gasteiger partial charge in [0.2, 0.25) is 5.91 Å². The lowest BCUT2D eigenvalue weighted by Gasteiger charge is -2.31. The van der Waals surface area contributed by atoms with E-state index in [9.17, 15) is 10.1 Å². The summed E-state index contributed by atoms with van der Waals surface area (Å²) in [5.41, 5.74) is 5.01. The van der Waals surface area contributed by atoms with Crippen LogP contribution < -0.4 is 10.2 Å². The average Bonchev–Trinajstić information content (AvgIpc) is 3.46. The Balaban J connectivity index is 1.39. The molecule has 3 aromatic rings. The van der Waals surface area contributed by atoms with Gasteiger partial charge in [-0.25, -0.2) is 4.98 Å². The fraction of sp³-hybridized carbons (Fsp3) is 0.345. The summed E-state index contributed by atoms with van der Waals surface area (Å²) in [5.74, 6) is 1.13. The molecule has 1 aromatic heterocycles. The molecule has 1 saturated heterocycles. The average molecular weight is 498 g/mol. The van der Waals surface area contributed by atoms with Crippen LogP contribution >= 0.6 is 11.8 Å². The fourth-order valence-electron chi connectivity index (χ4n) is 5.13. The van der Waals surface area contributed by atoms with Crippen LogP contribution in [0.5, 0.6) is 0 Å². The molecule has 0 bridgehead atoms. The number of hydrogen-bond acceptors (Lipinski definition) is 6. The number of rotatable bonds is 7. The van der Waals surface area contributed by atoms with E-state index in [1.165, 1.54) is 17.3 Å². The second kappa shape index (κ2) is 11.2. The first-order chi connectivity index (χ1) is 17.6. The maximum atomic E-state index is 13.2. The van der Waals surface area contributed by atoms with Gasteiger partial charge < -0.3 is 15.1 Å². The number of hydrogen-bond donors (Lipinski definition) is 1. The number of likely N-dealkylation sites (N-methyl/N-ethyl adjacent to an activating group) is 1. The van der Waals surface area contributed by atoms with Crippen molar-refractivity contribution in [2.45, 2.75) is 36.9 Å². The number of carbonyl (C=O) groups excluding carboxylic acids is 1. The molecule has 1 N–H and O–H groups in total. The number of carbonyl (C=O) groups is 1. The highest BCUT2D eigenvalue weighted by Gasteiger charge is 2.28. The van der Waals surface area contributed by atoms with Crippen molar-refractivity contribution in [3.8, 4) is 6.07 Å². The van der Waals surface area contributed by atoms with E-state index in [4.69, 9.17) is 4.98 Å². The Morgan fingerprint density at radius 2 is 1.67 bits per heavy atom. The summed E-state index contributed by atoms with van der Waals surface area (Å²) in [6.07, 6.45) is 3.16. The molecule has 2 aliphatic rings. The Bertz CT molecular complexity index is 1210. The van der Waals surface area contributed by atoms with Crippen LogP contribution in [0.2, 0.25) is 0 Å². The topological polar surface area (TPSA) is 72.3 Å². The molecule has 1 fully saturated rings. The van der Waals surface area contributed by atoms with Crippen LogP contribution in [-0.2, 0) is 17.8 Å². The first-order valence-electron chi connectivity index (χ1n) is 12.6. The molecule has 0 radical (unpaired) electrons. The van der Waals surface area contributed by atoms with Gasteiger partial charge in [-0.05, 0) is 43.0 Å². The largest absolute Gasteiger partial charge is 0.356 e. The van der Waals surface area contributed by atoms with Gasteiger partial charge in [-0.15, -0.1) is 0 Å². The van der Waals surface area contributed by atoms with Crippen molar-refractivity contribution in [3.63, 3.8) is 0 Å². The van der Waals surface area contributed by atoms with Gasteiger partial charge in [0.15, 0.2) is 0 Å². The number of amides is 1. The SMILES string of the molecule is CN1CCc2c(C#N)c(SCC(=O)NC(c3ccccc3)c3ccccc3)nc(N3CCCC3)c2C1. The van der Waals surface area contributed by atoms with Gasteiger partial charge in [0.1, 0.15) is 16.9 Å². The maximum Gasteiger partial charge on any atom is 0.231 e. The molecule has 1 amide bonds. The summed E-state index contributed by atoms with van der Waals surface area (Å²) in [5, 5.41) is 14.0. The first-order valence-corrected chi connectivity index (χ1v) is 13.5. The minimum absolute atomic E-state index is 0.0800. The number of aromatic nitrogens is 1. The molecule has 2 aromatic carbocycles. The fourth-order valence-corrected chi connectivity index (χ4v) is 5.94. The molecule has 3 heterocycles. The van der Waals surface area contributed by atoms with Crippen LogP contribution in [0.1, 0.15) is 46.7 Å². The minimum Gasteiger partial charge on any atom is -0.356 e. The number of thioether (sulfide) groups is 1. The first kappa shape index (κ1) is 24.4. The molecule has 36 heavy (non-hydrogen) atoms. The van der Waals surface area contributed by atoms with Crippen molar-refractivity contribution < 1.29 is 4.79 Å². The summed E-state index contributed by atoms with van der Waals surface area (Å²) < 4.78 is 0. The molecular formula is C29H31N5OS. The monoisotopic (exact) mass is 497 g/mol. The normalized spacial score (nSPS) is 15.5. The molecule has 7 heteroatoms. The highest BCUT2D eigenvalue weighted by Crippen LogP contribution is 2.36. The van der Waals surface area contributed by atoms with Gasteiger partial charge in [-0.1, -0.05) is 72.4 Å². The van der Waals surface area contributed by atoms with Gasteiger partial charge in [0.05, 0.1) is 17.4 Å². The molecule has 0 atom stereocenters. The van der Waals surface area contributed by atoms with E-state index >= 15 is 0 Å². The summed E-state index contributed by atoms with van der Waals surface area (Å²) in [6, 6.07) is 22.2. The van der Waals surface area contributed by atoms with Crippen LogP contribution in [-0.4, -0.2) is 48.2 Å². The molecule has 184 valence electrons. The standard InChI is InChI=1S/C29H31N5OS/c1-33-17-14-23-24(18-30)29(32-28(25(23)19-33)34-15-8-9-16-34)36-20-26(35)31-27(21-10-4-2-5-11-21)22-12-6-3-7-13-22/h2-7,10-13,27H,8-9,14-17,19-20H2,1H3,(H,31,35). The van der Waals surface area contributed by atoms with Crippen molar-refractivity contribution in [1.29, 1.82) is 5.26 Å². The number of benzene rings is 2. The molecule has 5 rings (SSSR count). The second-order valence-corrected chi connectivity index (χ2v) is 10.4. The Morgan fingerprint density at radius 1 is 1.03 bits per heavy atom. The van der Waals surface area contributed by atoms with Gasteiger partial charge in [0, 0.05) is 31.7 Å². The summed E-state index contributed by atoms with van der Waals surface area (Å²) >= 11 is 1.37. The minimum atomic E-state index is -0.233. The molecule has 0 aliphatic carbocycles. The highest BCUT2D eigenvalue weighted by molar-refractivity contribution is 8.00. The van der Waals surface area contributed by atoms with E-state index < -0.39 is 0 Å². The lowest BCUT2D eigenvalue weighted by Crippen LogP contribution is -2.32. The predicted molar refractivity (Wildman–Crippen MR) is 144 cm³/mol. The molecule has 0 unspecified atom stereocenters. The zero-order valence-electron chi connectivity index (χ0n) is 20.6. The quantitative estimate of drug-likeness (QED) is 0.483. The Morgan fingerprint density at radius 3 is 2.28 bits per heavy atom. The van der Waals surface area contributed by atoms with Gasteiger partial charge in [-0.2, -0.15) is 5.26 Å². The van der Waals surface area contributed by atoms with E-state index in [1.54, 1.807) is 0 Å². The Hall–Kier alpha value is -3.34. The molecule has 0 spiro atoms. The number of fused-ring (bicyclic) bond motifs is 1. The third-order valence-electron chi connectivity index (χ3n) is 6.96. The smallest absolute Gasteiger partial charge is 0.231 e. The Labute approximate surface area is 217 Å². The highest BCUT2D eigenvalue weighted by atomic mass is 32.2. The summed E-state index contributed by atoms with van der Waals surface area (Å²) in [4.78, 5) is 22.8. The van der Waals surface area contributed by atoms with Gasteiger partial charge in [0.25, 0.3) is 0 Å². The maximum absolute atomic E-state index is 13.2. The number of anilines is 1. The lowest BCUT2D eigenvalue weighted by atomic mass is 9.96.